The monoisotopic (exact) mass is 540 g/mol. The van der Waals surface area contributed by atoms with Gasteiger partial charge in [-0.3, -0.25) is 9.69 Å². The molecule has 6 heteroatoms. The first-order valence-corrected chi connectivity index (χ1v) is 16.5. The summed E-state index contributed by atoms with van der Waals surface area (Å²) in [5, 5.41) is 0. The van der Waals surface area contributed by atoms with Crippen molar-refractivity contribution in [2.45, 2.75) is 108 Å². The predicted molar refractivity (Wildman–Crippen MR) is 156 cm³/mol. The number of nitrogens with zero attached hydrogens (tertiary/aromatic N) is 4. The molecule has 6 nitrogen and oxygen atoms in total. The number of hydrogen-bond acceptors (Lipinski definition) is 5. The van der Waals surface area contributed by atoms with Crippen molar-refractivity contribution in [2.24, 2.45) is 35.0 Å². The number of fused-ring (bicyclic) bond motifs is 4. The minimum Gasteiger partial charge on any atom is -0.351 e. The Morgan fingerprint density at radius 2 is 1.75 bits per heavy atom. The van der Waals surface area contributed by atoms with Crippen LogP contribution in [0.5, 0.6) is 0 Å². The van der Waals surface area contributed by atoms with E-state index in [1.807, 2.05) is 6.07 Å². The van der Waals surface area contributed by atoms with E-state index in [0.717, 1.165) is 72.1 Å². The van der Waals surface area contributed by atoms with Gasteiger partial charge in [0.25, 0.3) is 5.56 Å². The number of aromatic nitrogens is 2. The summed E-state index contributed by atoms with van der Waals surface area (Å²) in [5.74, 6) is 5.31. The molecule has 0 N–H and O–H groups in total. The number of piperidine rings is 2. The number of ketones is 1. The maximum absolute atomic E-state index is 14.2. The highest BCUT2D eigenvalue weighted by atomic mass is 16.1. The van der Waals surface area contributed by atoms with E-state index in [0.29, 0.717) is 30.2 Å². The van der Waals surface area contributed by atoms with E-state index >= 15 is 0 Å². The van der Waals surface area contributed by atoms with Crippen molar-refractivity contribution in [3.05, 3.63) is 34.6 Å². The van der Waals surface area contributed by atoms with E-state index in [2.05, 4.69) is 32.6 Å². The van der Waals surface area contributed by atoms with E-state index in [4.69, 9.17) is 4.98 Å². The lowest BCUT2D eigenvalue weighted by atomic mass is 9.76. The molecule has 8 atom stereocenters. The molecular weight excluding hydrogens is 496 g/mol. The molecular formula is C34H44N4O2. The van der Waals surface area contributed by atoms with Gasteiger partial charge in [0.2, 0.25) is 0 Å². The summed E-state index contributed by atoms with van der Waals surface area (Å²) in [6.45, 7) is 3.19. The third-order valence-corrected chi connectivity index (χ3v) is 13.0. The van der Waals surface area contributed by atoms with Crippen LogP contribution in [0.4, 0.5) is 5.82 Å². The van der Waals surface area contributed by atoms with E-state index < -0.39 is 0 Å². The zero-order valence-corrected chi connectivity index (χ0v) is 24.0. The lowest BCUT2D eigenvalue weighted by Gasteiger charge is -2.53. The van der Waals surface area contributed by atoms with Gasteiger partial charge in [-0.05, 0) is 112 Å². The zero-order valence-electron chi connectivity index (χ0n) is 24.0. The Morgan fingerprint density at radius 1 is 0.950 bits per heavy atom. The van der Waals surface area contributed by atoms with Gasteiger partial charge in [-0.15, -0.1) is 0 Å². The fourth-order valence-corrected chi connectivity index (χ4v) is 11.7. The molecule has 4 saturated carbocycles. The van der Waals surface area contributed by atoms with Crippen molar-refractivity contribution in [3.63, 3.8) is 0 Å². The molecule has 4 heterocycles. The van der Waals surface area contributed by atoms with Crippen LogP contribution in [0, 0.1) is 35.0 Å². The van der Waals surface area contributed by atoms with Crippen LogP contribution in [-0.4, -0.2) is 51.4 Å². The molecule has 212 valence electrons. The standard InChI is InChI=1S/C34H44N4O2/c1-20(39)9-22-18-36(19-22)32-33(40)38(31-8-3-2-7-30(31)35-32)28-14-25-5-4-6-26(15-28)37(25)27-11-21-10-23-12-24(13-27)34(16-21)17-29(23)34/h2-3,7-8,21-29H,4-6,9-19H2,1H3. The first-order chi connectivity index (χ1) is 19.5. The van der Waals surface area contributed by atoms with Crippen LogP contribution in [0.15, 0.2) is 29.1 Å². The van der Waals surface area contributed by atoms with Gasteiger partial charge >= 0.3 is 0 Å². The third-order valence-electron chi connectivity index (χ3n) is 13.0. The van der Waals surface area contributed by atoms with Crippen molar-refractivity contribution in [1.29, 1.82) is 0 Å². The van der Waals surface area contributed by atoms with Crippen LogP contribution in [-0.2, 0) is 4.79 Å². The van der Waals surface area contributed by atoms with E-state index in [1.165, 1.54) is 44.9 Å². The fourth-order valence-electron chi connectivity index (χ4n) is 11.7. The Kier molecular flexibility index (Phi) is 5.28. The average Bonchev–Trinajstić information content (AvgIpc) is 3.63. The van der Waals surface area contributed by atoms with Crippen LogP contribution < -0.4 is 10.5 Å². The average molecular weight is 541 g/mol. The Labute approximate surface area is 237 Å². The van der Waals surface area contributed by atoms with Crippen LogP contribution in [0.2, 0.25) is 0 Å². The smallest absolute Gasteiger partial charge is 0.294 e. The number of rotatable bonds is 5. The highest BCUT2D eigenvalue weighted by Gasteiger charge is 2.70. The molecule has 1 aromatic carbocycles. The van der Waals surface area contributed by atoms with Gasteiger partial charge in [-0.2, -0.15) is 0 Å². The van der Waals surface area contributed by atoms with Crippen LogP contribution >= 0.6 is 0 Å². The lowest BCUT2D eigenvalue weighted by molar-refractivity contribution is -0.118. The number of anilines is 1. The number of hydrogen-bond donors (Lipinski definition) is 0. The molecule has 0 radical (unpaired) electrons. The maximum atomic E-state index is 14.2. The van der Waals surface area contributed by atoms with Gasteiger partial charge in [0.05, 0.1) is 11.0 Å². The summed E-state index contributed by atoms with van der Waals surface area (Å²) >= 11 is 0. The number of benzene rings is 1. The summed E-state index contributed by atoms with van der Waals surface area (Å²) in [5.41, 5.74) is 2.78. The molecule has 0 amide bonds. The Bertz CT molecular complexity index is 1410. The van der Waals surface area contributed by atoms with Crippen molar-refractivity contribution in [2.75, 3.05) is 18.0 Å². The zero-order chi connectivity index (χ0) is 26.7. The molecule has 1 aromatic heterocycles. The SMILES string of the molecule is CC(=O)CC1CN(c2nc3ccccc3n(C3CC4CCCC(C3)N4C3CC4CC5CC(C3)C3(C4)CC53)c2=O)C1. The highest BCUT2D eigenvalue weighted by molar-refractivity contribution is 5.77. The molecule has 9 rings (SSSR count). The predicted octanol–water partition coefficient (Wildman–Crippen LogP) is 5.58. The van der Waals surface area contributed by atoms with Gasteiger partial charge in [-0.1, -0.05) is 18.6 Å². The Balaban J connectivity index is 1.02. The number of carbonyl (C=O) groups is 1. The van der Waals surface area contributed by atoms with Gasteiger partial charge in [-0.25, -0.2) is 4.98 Å². The number of para-hydroxylation sites is 2. The molecule has 3 aliphatic heterocycles. The second kappa shape index (κ2) is 8.65. The van der Waals surface area contributed by atoms with E-state index in [-0.39, 0.29) is 17.4 Å². The van der Waals surface area contributed by atoms with Crippen molar-refractivity contribution in [1.82, 2.24) is 14.5 Å². The van der Waals surface area contributed by atoms with E-state index in [1.54, 1.807) is 19.8 Å². The normalized spacial score (nSPS) is 42.0. The molecule has 7 fully saturated rings. The minimum atomic E-state index is 0.0825. The lowest BCUT2D eigenvalue weighted by Crippen LogP contribution is -2.58. The molecule has 3 saturated heterocycles. The first kappa shape index (κ1) is 24.4. The second-order valence-corrected chi connectivity index (χ2v) is 15.3. The van der Waals surface area contributed by atoms with Crippen molar-refractivity contribution >= 4 is 22.6 Å². The Morgan fingerprint density at radius 3 is 2.55 bits per heavy atom. The third kappa shape index (κ3) is 3.53. The van der Waals surface area contributed by atoms with Crippen molar-refractivity contribution < 1.29 is 4.79 Å². The van der Waals surface area contributed by atoms with Gasteiger partial charge in [0, 0.05) is 49.6 Å². The van der Waals surface area contributed by atoms with Gasteiger partial charge in [0.15, 0.2) is 5.82 Å². The second-order valence-electron chi connectivity index (χ2n) is 15.3. The van der Waals surface area contributed by atoms with E-state index in [9.17, 15) is 9.59 Å². The number of Topliss-reactive ketones (excluding diaryl/α,β-unsaturated/α-hetero) is 1. The quantitative estimate of drug-likeness (QED) is 0.495. The fraction of sp³-hybridized carbons (Fsp3) is 0.735. The van der Waals surface area contributed by atoms with Crippen LogP contribution in [0.25, 0.3) is 11.0 Å². The summed E-state index contributed by atoms with van der Waals surface area (Å²) in [7, 11) is 0. The minimum absolute atomic E-state index is 0.0825. The molecule has 8 unspecified atom stereocenters. The molecule has 5 bridgehead atoms. The van der Waals surface area contributed by atoms with Crippen LogP contribution in [0.3, 0.4) is 0 Å². The molecule has 1 spiro atoms. The molecule has 40 heavy (non-hydrogen) atoms. The summed E-state index contributed by atoms with van der Waals surface area (Å²) in [6.07, 6.45) is 15.8. The topological polar surface area (TPSA) is 58.4 Å². The number of carbonyl (C=O) groups excluding carboxylic acids is 1. The molecule has 7 aliphatic rings. The Hall–Kier alpha value is -2.21. The van der Waals surface area contributed by atoms with Gasteiger partial charge in [0.1, 0.15) is 5.78 Å². The first-order valence-electron chi connectivity index (χ1n) is 16.5. The van der Waals surface area contributed by atoms with Crippen LogP contribution in [0.1, 0.15) is 90.0 Å². The van der Waals surface area contributed by atoms with Crippen molar-refractivity contribution in [3.8, 4) is 0 Å². The summed E-state index contributed by atoms with van der Waals surface area (Å²) in [4.78, 5) is 35.9. The summed E-state index contributed by atoms with van der Waals surface area (Å²) < 4.78 is 2.16. The maximum Gasteiger partial charge on any atom is 0.294 e. The highest BCUT2D eigenvalue weighted by Crippen LogP contribution is 2.77. The summed E-state index contributed by atoms with van der Waals surface area (Å²) in [6, 6.07) is 10.5. The van der Waals surface area contributed by atoms with Gasteiger partial charge < -0.3 is 14.3 Å². The largest absolute Gasteiger partial charge is 0.351 e. The molecule has 4 aliphatic carbocycles. The molecule has 2 aromatic rings.